The Hall–Kier alpha value is -2.38. The predicted octanol–water partition coefficient (Wildman–Crippen LogP) is 3.64. The fourth-order valence-corrected chi connectivity index (χ4v) is 3.16. The Balaban J connectivity index is 2.13. The SMILES string of the molecule is CCC(Oc1ccccc1C(C)CC)C(=O)Nc1ccc(S(N)(=O)=O)cc1. The first-order valence-electron chi connectivity index (χ1n) is 8.95. The van der Waals surface area contributed by atoms with Gasteiger partial charge in [-0.15, -0.1) is 0 Å². The van der Waals surface area contributed by atoms with Crippen LogP contribution in [0.1, 0.15) is 45.1 Å². The average molecular weight is 391 g/mol. The van der Waals surface area contributed by atoms with E-state index < -0.39 is 16.1 Å². The van der Waals surface area contributed by atoms with Crippen molar-refractivity contribution in [1.82, 2.24) is 0 Å². The monoisotopic (exact) mass is 390 g/mol. The van der Waals surface area contributed by atoms with Crippen molar-refractivity contribution in [3.8, 4) is 5.75 Å². The minimum atomic E-state index is -3.76. The van der Waals surface area contributed by atoms with Crippen molar-refractivity contribution in [3.05, 3.63) is 54.1 Å². The van der Waals surface area contributed by atoms with Gasteiger partial charge < -0.3 is 10.1 Å². The van der Waals surface area contributed by atoms with Crippen molar-refractivity contribution in [1.29, 1.82) is 0 Å². The van der Waals surface area contributed by atoms with Crippen molar-refractivity contribution in [2.45, 2.75) is 50.5 Å². The maximum atomic E-state index is 12.6. The van der Waals surface area contributed by atoms with Crippen molar-refractivity contribution in [3.63, 3.8) is 0 Å². The Labute approximate surface area is 160 Å². The van der Waals surface area contributed by atoms with Gasteiger partial charge in [0.15, 0.2) is 6.10 Å². The third kappa shape index (κ3) is 5.55. The highest BCUT2D eigenvalue weighted by Crippen LogP contribution is 2.29. The molecule has 0 radical (unpaired) electrons. The first-order valence-corrected chi connectivity index (χ1v) is 10.5. The van der Waals surface area contributed by atoms with Gasteiger partial charge in [0, 0.05) is 5.69 Å². The largest absolute Gasteiger partial charge is 0.480 e. The summed E-state index contributed by atoms with van der Waals surface area (Å²) < 4.78 is 28.6. The fraction of sp³-hybridized carbons (Fsp3) is 0.350. The number of amides is 1. The molecule has 2 aromatic carbocycles. The predicted molar refractivity (Wildman–Crippen MR) is 106 cm³/mol. The van der Waals surface area contributed by atoms with Gasteiger partial charge in [0.1, 0.15) is 5.75 Å². The lowest BCUT2D eigenvalue weighted by atomic mass is 9.98. The first kappa shape index (κ1) is 20.9. The molecule has 146 valence electrons. The van der Waals surface area contributed by atoms with E-state index in [0.29, 0.717) is 23.8 Å². The number of anilines is 1. The summed E-state index contributed by atoms with van der Waals surface area (Å²) >= 11 is 0. The van der Waals surface area contributed by atoms with Crippen molar-refractivity contribution < 1.29 is 17.9 Å². The number of benzene rings is 2. The van der Waals surface area contributed by atoms with Gasteiger partial charge in [-0.3, -0.25) is 4.79 Å². The van der Waals surface area contributed by atoms with Crippen LogP contribution in [0.15, 0.2) is 53.4 Å². The zero-order valence-electron chi connectivity index (χ0n) is 15.8. The number of hydrogen-bond donors (Lipinski definition) is 2. The van der Waals surface area contributed by atoms with Crippen LogP contribution in [-0.4, -0.2) is 20.4 Å². The molecule has 7 heteroatoms. The van der Waals surface area contributed by atoms with Gasteiger partial charge in [-0.1, -0.05) is 39.0 Å². The number of primary sulfonamides is 1. The van der Waals surface area contributed by atoms with E-state index in [1.807, 2.05) is 31.2 Å². The molecular formula is C20H26N2O4S. The van der Waals surface area contributed by atoms with Crippen LogP contribution in [0, 0.1) is 0 Å². The number of carbonyl (C=O) groups excluding carboxylic acids is 1. The van der Waals surface area contributed by atoms with Crippen LogP contribution in [0.5, 0.6) is 5.75 Å². The number of carbonyl (C=O) groups is 1. The zero-order chi connectivity index (χ0) is 20.0. The van der Waals surface area contributed by atoms with Crippen LogP contribution in [0.3, 0.4) is 0 Å². The molecule has 2 unspecified atom stereocenters. The number of sulfonamides is 1. The van der Waals surface area contributed by atoms with Crippen molar-refractivity contribution in [2.24, 2.45) is 5.14 Å². The van der Waals surface area contributed by atoms with Gasteiger partial charge in [-0.2, -0.15) is 0 Å². The van der Waals surface area contributed by atoms with Gasteiger partial charge in [-0.25, -0.2) is 13.6 Å². The Morgan fingerprint density at radius 1 is 1.07 bits per heavy atom. The quantitative estimate of drug-likeness (QED) is 0.719. The Morgan fingerprint density at radius 2 is 1.70 bits per heavy atom. The maximum absolute atomic E-state index is 12.6. The molecule has 0 aliphatic heterocycles. The van der Waals surface area contributed by atoms with Crippen LogP contribution >= 0.6 is 0 Å². The van der Waals surface area contributed by atoms with Crippen LogP contribution in [0.25, 0.3) is 0 Å². The molecule has 0 saturated carbocycles. The minimum Gasteiger partial charge on any atom is -0.480 e. The average Bonchev–Trinajstić information content (AvgIpc) is 2.65. The molecule has 0 spiro atoms. The second-order valence-electron chi connectivity index (χ2n) is 6.42. The molecule has 6 nitrogen and oxygen atoms in total. The van der Waals surface area contributed by atoms with Gasteiger partial charge in [0.2, 0.25) is 10.0 Å². The highest BCUT2D eigenvalue weighted by molar-refractivity contribution is 7.89. The van der Waals surface area contributed by atoms with Crippen molar-refractivity contribution in [2.75, 3.05) is 5.32 Å². The molecule has 0 saturated heterocycles. The molecule has 0 aromatic heterocycles. The summed E-state index contributed by atoms with van der Waals surface area (Å²) in [6.07, 6.45) is 0.809. The summed E-state index contributed by atoms with van der Waals surface area (Å²) in [6, 6.07) is 13.4. The summed E-state index contributed by atoms with van der Waals surface area (Å²) in [6.45, 7) is 6.10. The fourth-order valence-electron chi connectivity index (χ4n) is 2.64. The number of hydrogen-bond acceptors (Lipinski definition) is 4. The third-order valence-electron chi connectivity index (χ3n) is 4.45. The van der Waals surface area contributed by atoms with E-state index in [2.05, 4.69) is 19.2 Å². The first-order chi connectivity index (χ1) is 12.8. The van der Waals surface area contributed by atoms with Crippen LogP contribution in [0.2, 0.25) is 0 Å². The second kappa shape index (κ2) is 9.01. The molecule has 3 N–H and O–H groups in total. The van der Waals surface area contributed by atoms with E-state index in [1.54, 1.807) is 0 Å². The summed E-state index contributed by atoms with van der Waals surface area (Å²) in [7, 11) is -3.76. The number of nitrogens with two attached hydrogens (primary N) is 1. The van der Waals surface area contributed by atoms with E-state index in [1.165, 1.54) is 24.3 Å². The standard InChI is InChI=1S/C20H26N2O4S/c1-4-14(3)17-8-6-7-9-19(17)26-18(5-2)20(23)22-15-10-12-16(13-11-15)27(21,24)25/h6-14,18H,4-5H2,1-3H3,(H,22,23)(H2,21,24,25). The van der Waals surface area contributed by atoms with E-state index in [9.17, 15) is 13.2 Å². The van der Waals surface area contributed by atoms with Crippen LogP contribution in [-0.2, 0) is 14.8 Å². The molecule has 0 bridgehead atoms. The summed E-state index contributed by atoms with van der Waals surface area (Å²) in [5.41, 5.74) is 1.55. The highest BCUT2D eigenvalue weighted by atomic mass is 32.2. The van der Waals surface area contributed by atoms with Gasteiger partial charge in [-0.05, 0) is 54.7 Å². The number of rotatable bonds is 8. The molecule has 0 aliphatic rings. The molecular weight excluding hydrogens is 364 g/mol. The van der Waals surface area contributed by atoms with E-state index in [-0.39, 0.29) is 10.8 Å². The molecule has 2 aromatic rings. The molecule has 0 aliphatic carbocycles. The summed E-state index contributed by atoms with van der Waals surface area (Å²) in [5, 5.41) is 7.83. The molecule has 2 rings (SSSR count). The molecule has 1 amide bonds. The Morgan fingerprint density at radius 3 is 2.26 bits per heavy atom. The maximum Gasteiger partial charge on any atom is 0.265 e. The smallest absolute Gasteiger partial charge is 0.265 e. The molecule has 0 heterocycles. The Bertz CT molecular complexity index is 879. The molecule has 0 fully saturated rings. The van der Waals surface area contributed by atoms with E-state index >= 15 is 0 Å². The van der Waals surface area contributed by atoms with Gasteiger partial charge in [0.25, 0.3) is 5.91 Å². The summed E-state index contributed by atoms with van der Waals surface area (Å²) in [4.78, 5) is 12.6. The lowest BCUT2D eigenvalue weighted by Gasteiger charge is -2.21. The van der Waals surface area contributed by atoms with E-state index in [0.717, 1.165) is 12.0 Å². The molecule has 27 heavy (non-hydrogen) atoms. The van der Waals surface area contributed by atoms with Gasteiger partial charge >= 0.3 is 0 Å². The highest BCUT2D eigenvalue weighted by Gasteiger charge is 2.21. The topological polar surface area (TPSA) is 98.5 Å². The third-order valence-corrected chi connectivity index (χ3v) is 5.37. The minimum absolute atomic E-state index is 0.00808. The number of para-hydroxylation sites is 1. The Kier molecular flexibility index (Phi) is 6.98. The normalized spacial score (nSPS) is 13.6. The molecule has 2 atom stereocenters. The zero-order valence-corrected chi connectivity index (χ0v) is 16.6. The lowest BCUT2D eigenvalue weighted by Crippen LogP contribution is -2.32. The van der Waals surface area contributed by atoms with Gasteiger partial charge in [0.05, 0.1) is 4.90 Å². The lowest BCUT2D eigenvalue weighted by molar-refractivity contribution is -0.122. The van der Waals surface area contributed by atoms with E-state index in [4.69, 9.17) is 9.88 Å². The van der Waals surface area contributed by atoms with Crippen molar-refractivity contribution >= 4 is 21.6 Å². The van der Waals surface area contributed by atoms with Crippen LogP contribution < -0.4 is 15.2 Å². The van der Waals surface area contributed by atoms with Crippen LogP contribution in [0.4, 0.5) is 5.69 Å². The summed E-state index contributed by atoms with van der Waals surface area (Å²) in [5.74, 6) is 0.741. The number of nitrogens with one attached hydrogen (secondary N) is 1. The number of ether oxygens (including phenoxy) is 1. The second-order valence-corrected chi connectivity index (χ2v) is 7.98.